The lowest BCUT2D eigenvalue weighted by atomic mass is 9.97. The molecule has 0 atom stereocenters. The van der Waals surface area contributed by atoms with Crippen LogP contribution in [-0.4, -0.2) is 26.0 Å². The molecular formula is C18H18N4O2. The van der Waals surface area contributed by atoms with Gasteiger partial charge in [-0.2, -0.15) is 0 Å². The molecule has 2 heterocycles. The van der Waals surface area contributed by atoms with E-state index in [1.807, 2.05) is 24.3 Å². The number of hydrogen-bond donors (Lipinski definition) is 3. The molecule has 0 aliphatic heterocycles. The van der Waals surface area contributed by atoms with Gasteiger partial charge in [0.15, 0.2) is 5.65 Å². The molecule has 6 nitrogen and oxygen atoms in total. The summed E-state index contributed by atoms with van der Waals surface area (Å²) in [7, 11) is 0. The minimum Gasteiger partial charge on any atom is -0.386 e. The van der Waals surface area contributed by atoms with Gasteiger partial charge in [-0.15, -0.1) is 0 Å². The van der Waals surface area contributed by atoms with Crippen molar-refractivity contribution in [3.8, 4) is 11.3 Å². The first-order valence-corrected chi connectivity index (χ1v) is 7.49. The quantitative estimate of drug-likeness (QED) is 0.641. The lowest BCUT2D eigenvalue weighted by molar-refractivity contribution is -0.113. The SMILES string of the molecule is CC(C)(O)c1ccc(-c2cnc3[nH]cc(/C=C/C(N)=O)c3n2)cc1. The number of aromatic nitrogens is 3. The Bertz CT molecular complexity index is 918. The monoisotopic (exact) mass is 322 g/mol. The van der Waals surface area contributed by atoms with Crippen molar-refractivity contribution in [2.24, 2.45) is 5.73 Å². The molecule has 2 aromatic heterocycles. The molecule has 24 heavy (non-hydrogen) atoms. The van der Waals surface area contributed by atoms with Crippen LogP contribution in [0.1, 0.15) is 25.0 Å². The van der Waals surface area contributed by atoms with E-state index < -0.39 is 11.5 Å². The second-order valence-corrected chi connectivity index (χ2v) is 6.07. The third kappa shape index (κ3) is 3.18. The second kappa shape index (κ2) is 5.90. The van der Waals surface area contributed by atoms with Crippen LogP contribution in [0.3, 0.4) is 0 Å². The summed E-state index contributed by atoms with van der Waals surface area (Å²) in [6.07, 6.45) is 6.30. The summed E-state index contributed by atoms with van der Waals surface area (Å²) in [4.78, 5) is 22.9. The Kier molecular flexibility index (Phi) is 3.91. The molecule has 0 bridgehead atoms. The Labute approximate surface area is 139 Å². The number of H-pyrrole nitrogens is 1. The molecule has 3 rings (SSSR count). The van der Waals surface area contributed by atoms with Crippen LogP contribution in [0.25, 0.3) is 28.5 Å². The van der Waals surface area contributed by atoms with Gasteiger partial charge in [0.05, 0.1) is 17.5 Å². The van der Waals surface area contributed by atoms with E-state index >= 15 is 0 Å². The van der Waals surface area contributed by atoms with Crippen LogP contribution in [0.2, 0.25) is 0 Å². The van der Waals surface area contributed by atoms with Crippen molar-refractivity contribution in [1.29, 1.82) is 0 Å². The average Bonchev–Trinajstić information content (AvgIpc) is 2.94. The van der Waals surface area contributed by atoms with Crippen LogP contribution >= 0.6 is 0 Å². The van der Waals surface area contributed by atoms with Gasteiger partial charge in [0.1, 0.15) is 5.52 Å². The van der Waals surface area contributed by atoms with E-state index in [2.05, 4.69) is 15.0 Å². The smallest absolute Gasteiger partial charge is 0.241 e. The van der Waals surface area contributed by atoms with Crippen molar-refractivity contribution in [3.05, 3.63) is 53.9 Å². The molecule has 1 aromatic carbocycles. The van der Waals surface area contributed by atoms with E-state index in [9.17, 15) is 9.90 Å². The maximum atomic E-state index is 10.9. The van der Waals surface area contributed by atoms with E-state index in [0.29, 0.717) is 16.9 Å². The molecule has 0 saturated heterocycles. The summed E-state index contributed by atoms with van der Waals surface area (Å²) in [6, 6.07) is 7.53. The fourth-order valence-electron chi connectivity index (χ4n) is 2.40. The molecule has 0 aliphatic rings. The van der Waals surface area contributed by atoms with Crippen molar-refractivity contribution < 1.29 is 9.90 Å². The standard InChI is InChI=1S/C18H18N4O2/c1-18(2,24)13-6-3-11(4-7-13)14-10-21-17-16(22-14)12(9-20-17)5-8-15(19)23/h3-10,24H,1-2H3,(H2,19,23)(H,20,21)/b8-5+. The lowest BCUT2D eigenvalue weighted by Crippen LogP contribution is -2.14. The summed E-state index contributed by atoms with van der Waals surface area (Å²) < 4.78 is 0. The summed E-state index contributed by atoms with van der Waals surface area (Å²) in [5, 5.41) is 10.0. The number of rotatable bonds is 4. The number of nitrogens with zero attached hydrogens (tertiary/aromatic N) is 2. The number of nitrogens with two attached hydrogens (primary N) is 1. The van der Waals surface area contributed by atoms with E-state index in [0.717, 1.165) is 16.7 Å². The van der Waals surface area contributed by atoms with Gasteiger partial charge < -0.3 is 15.8 Å². The van der Waals surface area contributed by atoms with E-state index in [4.69, 9.17) is 5.73 Å². The average molecular weight is 322 g/mol. The molecule has 0 saturated carbocycles. The number of amides is 1. The van der Waals surface area contributed by atoms with Gasteiger partial charge in [-0.25, -0.2) is 9.97 Å². The number of aromatic amines is 1. The van der Waals surface area contributed by atoms with Crippen molar-refractivity contribution in [2.75, 3.05) is 0 Å². The minimum atomic E-state index is -0.887. The molecule has 3 aromatic rings. The van der Waals surface area contributed by atoms with Crippen LogP contribution in [0, 0.1) is 0 Å². The number of fused-ring (bicyclic) bond motifs is 1. The van der Waals surface area contributed by atoms with Gasteiger partial charge in [0.2, 0.25) is 5.91 Å². The van der Waals surface area contributed by atoms with Crippen LogP contribution < -0.4 is 5.73 Å². The number of aliphatic hydroxyl groups is 1. The maximum absolute atomic E-state index is 10.9. The fourth-order valence-corrected chi connectivity index (χ4v) is 2.40. The summed E-state index contributed by atoms with van der Waals surface area (Å²) in [6.45, 7) is 3.48. The predicted molar refractivity (Wildman–Crippen MR) is 92.8 cm³/mol. The molecule has 4 N–H and O–H groups in total. The van der Waals surface area contributed by atoms with E-state index in [1.165, 1.54) is 6.08 Å². The highest BCUT2D eigenvalue weighted by Gasteiger charge is 2.15. The number of carbonyl (C=O) groups is 1. The topological polar surface area (TPSA) is 105 Å². The molecule has 0 unspecified atom stereocenters. The van der Waals surface area contributed by atoms with Gasteiger partial charge >= 0.3 is 0 Å². The zero-order chi connectivity index (χ0) is 17.3. The summed E-state index contributed by atoms with van der Waals surface area (Å²) in [5.74, 6) is -0.518. The Balaban J connectivity index is 2.01. The van der Waals surface area contributed by atoms with Crippen molar-refractivity contribution in [3.63, 3.8) is 0 Å². The predicted octanol–water partition coefficient (Wildman–Crippen LogP) is 2.35. The summed E-state index contributed by atoms with van der Waals surface area (Å²) >= 11 is 0. The van der Waals surface area contributed by atoms with Crippen molar-refractivity contribution in [2.45, 2.75) is 19.4 Å². The molecule has 0 aliphatic carbocycles. The normalized spacial score (nSPS) is 12.1. The molecule has 1 amide bonds. The maximum Gasteiger partial charge on any atom is 0.241 e. The molecule has 0 radical (unpaired) electrons. The van der Waals surface area contributed by atoms with Crippen LogP contribution in [0.15, 0.2) is 42.7 Å². The van der Waals surface area contributed by atoms with Crippen LogP contribution in [-0.2, 0) is 10.4 Å². The number of benzene rings is 1. The van der Waals surface area contributed by atoms with Gasteiger partial charge in [0.25, 0.3) is 0 Å². The fraction of sp³-hybridized carbons (Fsp3) is 0.167. The second-order valence-electron chi connectivity index (χ2n) is 6.07. The van der Waals surface area contributed by atoms with Crippen LogP contribution in [0.4, 0.5) is 0 Å². The Morgan fingerprint density at radius 2 is 2.00 bits per heavy atom. The highest BCUT2D eigenvalue weighted by atomic mass is 16.3. The number of carbonyl (C=O) groups excluding carboxylic acids is 1. The Morgan fingerprint density at radius 3 is 2.62 bits per heavy atom. The number of hydrogen-bond acceptors (Lipinski definition) is 4. The van der Waals surface area contributed by atoms with E-state index in [1.54, 1.807) is 32.3 Å². The Hall–Kier alpha value is -2.99. The zero-order valence-corrected chi connectivity index (χ0v) is 13.4. The first-order valence-electron chi connectivity index (χ1n) is 7.49. The Morgan fingerprint density at radius 1 is 1.29 bits per heavy atom. The van der Waals surface area contributed by atoms with Crippen molar-refractivity contribution in [1.82, 2.24) is 15.0 Å². The lowest BCUT2D eigenvalue weighted by Gasteiger charge is -2.17. The van der Waals surface area contributed by atoms with Gasteiger partial charge in [0, 0.05) is 23.4 Å². The van der Waals surface area contributed by atoms with Gasteiger partial charge in [-0.05, 0) is 25.5 Å². The molecule has 6 heteroatoms. The first-order chi connectivity index (χ1) is 11.3. The molecule has 122 valence electrons. The number of primary amides is 1. The highest BCUT2D eigenvalue weighted by molar-refractivity contribution is 5.93. The molecule has 0 spiro atoms. The summed E-state index contributed by atoms with van der Waals surface area (Å²) in [5.41, 5.74) is 8.71. The van der Waals surface area contributed by atoms with Crippen molar-refractivity contribution >= 4 is 23.1 Å². The first kappa shape index (κ1) is 15.9. The minimum absolute atomic E-state index is 0.518. The van der Waals surface area contributed by atoms with Gasteiger partial charge in [-0.1, -0.05) is 24.3 Å². The molecule has 0 fully saturated rings. The van der Waals surface area contributed by atoms with Gasteiger partial charge in [-0.3, -0.25) is 4.79 Å². The highest BCUT2D eigenvalue weighted by Crippen LogP contribution is 2.25. The van der Waals surface area contributed by atoms with Crippen LogP contribution in [0.5, 0.6) is 0 Å². The largest absolute Gasteiger partial charge is 0.386 e. The third-order valence-corrected chi connectivity index (χ3v) is 3.72. The molecular weight excluding hydrogens is 304 g/mol. The third-order valence-electron chi connectivity index (χ3n) is 3.72. The van der Waals surface area contributed by atoms with E-state index in [-0.39, 0.29) is 0 Å². The zero-order valence-electron chi connectivity index (χ0n) is 13.4. The number of nitrogens with one attached hydrogen (secondary N) is 1.